The van der Waals surface area contributed by atoms with E-state index in [1.807, 2.05) is 18.2 Å². The number of piperidine rings is 1. The van der Waals surface area contributed by atoms with Gasteiger partial charge in [-0.3, -0.25) is 9.69 Å². The molecule has 1 aliphatic heterocycles. The van der Waals surface area contributed by atoms with E-state index in [0.29, 0.717) is 18.0 Å². The number of benzene rings is 1. The van der Waals surface area contributed by atoms with E-state index in [9.17, 15) is 9.90 Å². The molecule has 1 saturated heterocycles. The van der Waals surface area contributed by atoms with Crippen LogP contribution in [0, 0.1) is 12.8 Å². The largest absolute Gasteiger partial charge is 0.493 e. The first kappa shape index (κ1) is 18.7. The monoisotopic (exact) mass is 375 g/mol. The molecule has 0 spiro atoms. The van der Waals surface area contributed by atoms with Gasteiger partial charge in [-0.15, -0.1) is 11.3 Å². The van der Waals surface area contributed by atoms with E-state index in [4.69, 9.17) is 9.47 Å². The molecule has 5 nitrogen and oxygen atoms in total. The van der Waals surface area contributed by atoms with Crippen LogP contribution in [0.25, 0.3) is 0 Å². The highest BCUT2D eigenvalue weighted by molar-refractivity contribution is 7.10. The van der Waals surface area contributed by atoms with Gasteiger partial charge in [-0.05, 0) is 61.0 Å². The maximum absolute atomic E-state index is 11.5. The zero-order chi connectivity index (χ0) is 18.7. The van der Waals surface area contributed by atoms with E-state index in [-0.39, 0.29) is 12.0 Å². The summed E-state index contributed by atoms with van der Waals surface area (Å²) in [4.78, 5) is 15.0. The fourth-order valence-electron chi connectivity index (χ4n) is 3.62. The molecular weight excluding hydrogens is 350 g/mol. The van der Waals surface area contributed by atoms with Gasteiger partial charge in [0.1, 0.15) is 0 Å². The van der Waals surface area contributed by atoms with Crippen molar-refractivity contribution < 1.29 is 19.4 Å². The quantitative estimate of drug-likeness (QED) is 0.828. The first-order chi connectivity index (χ1) is 12.5. The third kappa shape index (κ3) is 3.86. The normalized spacial score (nSPS) is 19.1. The molecule has 1 fully saturated rings. The molecule has 0 saturated carbocycles. The summed E-state index contributed by atoms with van der Waals surface area (Å²) in [6.45, 7) is 3.53. The van der Waals surface area contributed by atoms with Gasteiger partial charge in [0.2, 0.25) is 0 Å². The van der Waals surface area contributed by atoms with E-state index < -0.39 is 5.97 Å². The van der Waals surface area contributed by atoms with Gasteiger partial charge in [-0.1, -0.05) is 6.07 Å². The second-order valence-electron chi connectivity index (χ2n) is 6.72. The molecule has 0 bridgehead atoms. The average Bonchev–Trinajstić information content (AvgIpc) is 3.07. The van der Waals surface area contributed by atoms with Crippen molar-refractivity contribution in [2.75, 3.05) is 27.3 Å². The molecule has 26 heavy (non-hydrogen) atoms. The minimum Gasteiger partial charge on any atom is -0.493 e. The van der Waals surface area contributed by atoms with Crippen LogP contribution >= 0.6 is 11.3 Å². The molecule has 0 aliphatic carbocycles. The predicted octanol–water partition coefficient (Wildman–Crippen LogP) is 3.96. The van der Waals surface area contributed by atoms with Gasteiger partial charge in [0.25, 0.3) is 0 Å². The Morgan fingerprint density at radius 1 is 1.27 bits per heavy atom. The number of thiophene rings is 1. The SMILES string of the molecule is COc1ccc(C(c2cc(C)cs2)N2CCCC(C(=O)O)C2)cc1OC. The number of hydrogen-bond donors (Lipinski definition) is 1. The first-order valence-electron chi connectivity index (χ1n) is 8.77. The Bertz CT molecular complexity index is 773. The summed E-state index contributed by atoms with van der Waals surface area (Å²) in [5, 5.41) is 11.6. The fraction of sp³-hybridized carbons (Fsp3) is 0.450. The molecule has 1 aromatic carbocycles. The molecule has 6 heteroatoms. The summed E-state index contributed by atoms with van der Waals surface area (Å²) >= 11 is 1.72. The number of aryl methyl sites for hydroxylation is 1. The number of carboxylic acids is 1. The van der Waals surface area contributed by atoms with Crippen LogP contribution in [0.1, 0.15) is 34.9 Å². The Balaban J connectivity index is 2.00. The Morgan fingerprint density at radius 3 is 2.65 bits per heavy atom. The standard InChI is InChI=1S/C20H25NO4S/c1-13-9-18(26-12-13)19(21-8-4-5-15(11-21)20(22)23)14-6-7-16(24-2)17(10-14)25-3/h6-7,9-10,12,15,19H,4-5,8,11H2,1-3H3,(H,22,23). The molecule has 1 N–H and O–H groups in total. The van der Waals surface area contributed by atoms with E-state index in [1.165, 1.54) is 10.4 Å². The number of carbonyl (C=O) groups is 1. The zero-order valence-electron chi connectivity index (χ0n) is 15.4. The lowest BCUT2D eigenvalue weighted by Gasteiger charge is -2.37. The highest BCUT2D eigenvalue weighted by atomic mass is 32.1. The first-order valence-corrected chi connectivity index (χ1v) is 9.65. The van der Waals surface area contributed by atoms with Crippen molar-refractivity contribution in [1.82, 2.24) is 4.90 Å². The lowest BCUT2D eigenvalue weighted by atomic mass is 9.94. The molecule has 2 atom stereocenters. The highest BCUT2D eigenvalue weighted by Crippen LogP contribution is 2.39. The average molecular weight is 375 g/mol. The van der Waals surface area contributed by atoms with Crippen LogP contribution in [0.5, 0.6) is 11.5 Å². The molecule has 2 unspecified atom stereocenters. The van der Waals surface area contributed by atoms with Crippen LogP contribution in [-0.4, -0.2) is 43.3 Å². The number of likely N-dealkylation sites (tertiary alicyclic amines) is 1. The molecule has 0 amide bonds. The maximum Gasteiger partial charge on any atom is 0.307 e. The Morgan fingerprint density at radius 2 is 2.04 bits per heavy atom. The van der Waals surface area contributed by atoms with Crippen molar-refractivity contribution in [1.29, 1.82) is 0 Å². The third-order valence-corrected chi connectivity index (χ3v) is 6.01. The third-order valence-electron chi connectivity index (χ3n) is 4.91. The highest BCUT2D eigenvalue weighted by Gasteiger charge is 2.32. The fourth-order valence-corrected chi connectivity index (χ4v) is 4.68. The van der Waals surface area contributed by atoms with Gasteiger partial charge < -0.3 is 14.6 Å². The summed E-state index contributed by atoms with van der Waals surface area (Å²) in [5.41, 5.74) is 2.32. The topological polar surface area (TPSA) is 59.0 Å². The van der Waals surface area contributed by atoms with Crippen LogP contribution in [0.15, 0.2) is 29.6 Å². The van der Waals surface area contributed by atoms with Crippen LogP contribution in [0.3, 0.4) is 0 Å². The minimum absolute atomic E-state index is 0.0238. The molecular formula is C20H25NO4S. The van der Waals surface area contributed by atoms with Crippen LogP contribution in [0.4, 0.5) is 0 Å². The van der Waals surface area contributed by atoms with Crippen LogP contribution in [-0.2, 0) is 4.79 Å². The van der Waals surface area contributed by atoms with Gasteiger partial charge in [0.15, 0.2) is 11.5 Å². The summed E-state index contributed by atoms with van der Waals surface area (Å²) < 4.78 is 10.8. The van der Waals surface area contributed by atoms with Gasteiger partial charge in [-0.25, -0.2) is 0 Å². The van der Waals surface area contributed by atoms with Gasteiger partial charge in [0, 0.05) is 11.4 Å². The van der Waals surface area contributed by atoms with E-state index in [2.05, 4.69) is 23.3 Å². The number of nitrogens with zero attached hydrogens (tertiary/aromatic N) is 1. The number of rotatable bonds is 6. The zero-order valence-corrected chi connectivity index (χ0v) is 16.2. The van der Waals surface area contributed by atoms with Crippen molar-refractivity contribution in [3.63, 3.8) is 0 Å². The Labute approximate surface area is 158 Å². The second-order valence-corrected chi connectivity index (χ2v) is 7.66. The lowest BCUT2D eigenvalue weighted by molar-refractivity contribution is -0.143. The molecule has 1 aromatic heterocycles. The van der Waals surface area contributed by atoms with Crippen LogP contribution < -0.4 is 9.47 Å². The van der Waals surface area contributed by atoms with Crippen molar-refractivity contribution in [2.24, 2.45) is 5.92 Å². The molecule has 3 rings (SSSR count). The van der Waals surface area contributed by atoms with Crippen molar-refractivity contribution in [3.05, 3.63) is 45.6 Å². The van der Waals surface area contributed by atoms with Crippen molar-refractivity contribution >= 4 is 17.3 Å². The lowest BCUT2D eigenvalue weighted by Crippen LogP contribution is -2.41. The Hall–Kier alpha value is -2.05. The second kappa shape index (κ2) is 8.10. The predicted molar refractivity (Wildman–Crippen MR) is 102 cm³/mol. The Kier molecular flexibility index (Phi) is 5.84. The molecule has 140 valence electrons. The number of ether oxygens (including phenoxy) is 2. The van der Waals surface area contributed by atoms with Gasteiger partial charge >= 0.3 is 5.97 Å². The van der Waals surface area contributed by atoms with Crippen molar-refractivity contribution in [3.8, 4) is 11.5 Å². The number of hydrogen-bond acceptors (Lipinski definition) is 5. The summed E-state index contributed by atoms with van der Waals surface area (Å²) in [6, 6.07) is 8.18. The number of methoxy groups -OCH3 is 2. The molecule has 1 aliphatic rings. The van der Waals surface area contributed by atoms with E-state index in [0.717, 1.165) is 24.9 Å². The summed E-state index contributed by atoms with van der Waals surface area (Å²) in [6.07, 6.45) is 1.64. The number of carboxylic acid groups (broad SMARTS) is 1. The van der Waals surface area contributed by atoms with Gasteiger partial charge in [-0.2, -0.15) is 0 Å². The molecule has 0 radical (unpaired) electrons. The van der Waals surface area contributed by atoms with E-state index in [1.54, 1.807) is 25.6 Å². The smallest absolute Gasteiger partial charge is 0.307 e. The summed E-state index contributed by atoms with van der Waals surface area (Å²) in [7, 11) is 3.26. The molecule has 2 heterocycles. The van der Waals surface area contributed by atoms with E-state index >= 15 is 0 Å². The van der Waals surface area contributed by atoms with Crippen LogP contribution in [0.2, 0.25) is 0 Å². The maximum atomic E-state index is 11.5. The molecule has 2 aromatic rings. The summed E-state index contributed by atoms with van der Waals surface area (Å²) in [5.74, 6) is 0.366. The van der Waals surface area contributed by atoms with Gasteiger partial charge in [0.05, 0.1) is 26.2 Å². The van der Waals surface area contributed by atoms with Crippen molar-refractivity contribution in [2.45, 2.75) is 25.8 Å². The number of aliphatic carboxylic acids is 1. The minimum atomic E-state index is -0.705.